The van der Waals surface area contributed by atoms with Gasteiger partial charge >= 0.3 is 5.97 Å². The molecule has 136 valence electrons. The van der Waals surface area contributed by atoms with Crippen molar-refractivity contribution in [1.29, 1.82) is 0 Å². The average molecular weight is 373 g/mol. The molecule has 2 aromatic rings. The molecule has 1 aliphatic rings. The van der Waals surface area contributed by atoms with Crippen molar-refractivity contribution in [3.63, 3.8) is 0 Å². The standard InChI is InChI=1S/C20H20FNO3S/c1-13-11-22(12-15(13)20(24)25)19(23)18(14-7-3-2-4-8-14)26-17-10-6-5-9-16(17)21/h2-10,13,15,18H,11-12H2,1H3,(H,24,25)/t13-,15-,18?/m1/s1. The first-order chi connectivity index (χ1) is 12.5. The second-order valence-electron chi connectivity index (χ2n) is 6.50. The zero-order chi connectivity index (χ0) is 18.7. The Labute approximate surface area is 156 Å². The summed E-state index contributed by atoms with van der Waals surface area (Å²) >= 11 is 1.16. The largest absolute Gasteiger partial charge is 0.481 e. The summed E-state index contributed by atoms with van der Waals surface area (Å²) in [5, 5.41) is 8.70. The number of thioether (sulfide) groups is 1. The van der Waals surface area contributed by atoms with Gasteiger partial charge in [0.15, 0.2) is 0 Å². The lowest BCUT2D eigenvalue weighted by molar-refractivity contribution is -0.142. The van der Waals surface area contributed by atoms with Crippen LogP contribution in [0.1, 0.15) is 17.7 Å². The Morgan fingerprint density at radius 1 is 1.12 bits per heavy atom. The van der Waals surface area contributed by atoms with Crippen molar-refractivity contribution in [2.75, 3.05) is 13.1 Å². The minimum atomic E-state index is -0.884. The summed E-state index contributed by atoms with van der Waals surface area (Å²) in [7, 11) is 0. The fraction of sp³-hybridized carbons (Fsp3) is 0.300. The van der Waals surface area contributed by atoms with Gasteiger partial charge in [0.25, 0.3) is 0 Å². The number of carbonyl (C=O) groups excluding carboxylic acids is 1. The number of amides is 1. The van der Waals surface area contributed by atoms with Crippen molar-refractivity contribution in [2.45, 2.75) is 17.1 Å². The van der Waals surface area contributed by atoms with Gasteiger partial charge in [-0.15, -0.1) is 11.8 Å². The van der Waals surface area contributed by atoms with Crippen LogP contribution in [0.25, 0.3) is 0 Å². The van der Waals surface area contributed by atoms with E-state index >= 15 is 0 Å². The molecule has 1 amide bonds. The van der Waals surface area contributed by atoms with Crippen LogP contribution in [-0.2, 0) is 9.59 Å². The zero-order valence-electron chi connectivity index (χ0n) is 14.3. The van der Waals surface area contributed by atoms with E-state index in [9.17, 15) is 19.1 Å². The molecule has 3 atom stereocenters. The molecule has 6 heteroatoms. The van der Waals surface area contributed by atoms with Crippen LogP contribution in [0.4, 0.5) is 4.39 Å². The second-order valence-corrected chi connectivity index (χ2v) is 7.65. The fourth-order valence-corrected chi connectivity index (χ4v) is 4.32. The van der Waals surface area contributed by atoms with Gasteiger partial charge < -0.3 is 10.0 Å². The highest BCUT2D eigenvalue weighted by molar-refractivity contribution is 8.00. The van der Waals surface area contributed by atoms with Gasteiger partial charge in [-0.2, -0.15) is 0 Å². The number of rotatable bonds is 5. The maximum Gasteiger partial charge on any atom is 0.308 e. The highest BCUT2D eigenvalue weighted by Gasteiger charge is 2.39. The van der Waals surface area contributed by atoms with Crippen molar-refractivity contribution in [1.82, 2.24) is 4.90 Å². The number of nitrogens with zero attached hydrogens (tertiary/aromatic N) is 1. The number of aliphatic carboxylic acids is 1. The Kier molecular flexibility index (Phi) is 5.61. The average Bonchev–Trinajstić information content (AvgIpc) is 3.03. The molecule has 0 bridgehead atoms. The van der Waals surface area contributed by atoms with E-state index in [0.29, 0.717) is 11.4 Å². The molecule has 1 N–H and O–H groups in total. The van der Waals surface area contributed by atoms with Gasteiger partial charge in [-0.3, -0.25) is 9.59 Å². The van der Waals surface area contributed by atoms with Crippen LogP contribution in [0.5, 0.6) is 0 Å². The molecule has 26 heavy (non-hydrogen) atoms. The third-order valence-corrected chi connectivity index (χ3v) is 5.94. The SMILES string of the molecule is C[C@@H]1CN(C(=O)C(Sc2ccccc2F)c2ccccc2)C[C@H]1C(=O)O. The first-order valence-corrected chi connectivity index (χ1v) is 9.33. The van der Waals surface area contributed by atoms with Gasteiger partial charge in [0, 0.05) is 18.0 Å². The number of carbonyl (C=O) groups is 2. The number of carboxylic acids is 1. The van der Waals surface area contributed by atoms with E-state index in [1.54, 1.807) is 23.1 Å². The Bertz CT molecular complexity index is 799. The lowest BCUT2D eigenvalue weighted by Gasteiger charge is -2.23. The molecule has 0 spiro atoms. The highest BCUT2D eigenvalue weighted by atomic mass is 32.2. The molecule has 1 fully saturated rings. The Balaban J connectivity index is 1.88. The zero-order valence-corrected chi connectivity index (χ0v) is 15.2. The normalized spacial score (nSPS) is 20.8. The summed E-state index contributed by atoms with van der Waals surface area (Å²) in [4.78, 5) is 26.5. The van der Waals surface area contributed by atoms with Crippen molar-refractivity contribution in [3.8, 4) is 0 Å². The first kappa shape index (κ1) is 18.5. The summed E-state index contributed by atoms with van der Waals surface area (Å²) in [5.41, 5.74) is 0.775. The number of benzene rings is 2. The summed E-state index contributed by atoms with van der Waals surface area (Å²) < 4.78 is 14.1. The second kappa shape index (κ2) is 7.91. The van der Waals surface area contributed by atoms with Gasteiger partial charge in [-0.25, -0.2) is 4.39 Å². The smallest absolute Gasteiger partial charge is 0.308 e. The van der Waals surface area contributed by atoms with Crippen molar-refractivity contribution in [2.24, 2.45) is 11.8 Å². The topological polar surface area (TPSA) is 57.6 Å². The van der Waals surface area contributed by atoms with E-state index in [4.69, 9.17) is 0 Å². The van der Waals surface area contributed by atoms with E-state index in [2.05, 4.69) is 0 Å². The lowest BCUT2D eigenvalue weighted by Crippen LogP contribution is -2.33. The monoisotopic (exact) mass is 373 g/mol. The van der Waals surface area contributed by atoms with Crippen molar-refractivity contribution < 1.29 is 19.1 Å². The van der Waals surface area contributed by atoms with E-state index in [1.165, 1.54) is 6.07 Å². The number of carboxylic acid groups (broad SMARTS) is 1. The van der Waals surface area contributed by atoms with Crippen LogP contribution in [0.15, 0.2) is 59.5 Å². The molecule has 2 aromatic carbocycles. The molecular formula is C20H20FNO3S. The number of halogens is 1. The number of hydrogen-bond acceptors (Lipinski definition) is 3. The minimum absolute atomic E-state index is 0.105. The highest BCUT2D eigenvalue weighted by Crippen LogP contribution is 2.39. The molecule has 0 radical (unpaired) electrons. The maximum atomic E-state index is 14.1. The van der Waals surface area contributed by atoms with Gasteiger partial charge in [0.05, 0.1) is 5.92 Å². The quantitative estimate of drug-likeness (QED) is 0.809. The van der Waals surface area contributed by atoms with Crippen LogP contribution in [0, 0.1) is 17.7 Å². The van der Waals surface area contributed by atoms with E-state index in [-0.39, 0.29) is 24.2 Å². The predicted octanol–water partition coefficient (Wildman–Crippen LogP) is 3.84. The molecule has 0 saturated carbocycles. The summed E-state index contributed by atoms with van der Waals surface area (Å²) in [5.74, 6) is -2.10. The summed E-state index contributed by atoms with van der Waals surface area (Å²) in [6.45, 7) is 2.43. The van der Waals surface area contributed by atoms with Crippen molar-refractivity contribution in [3.05, 3.63) is 66.0 Å². The summed E-state index contributed by atoms with van der Waals surface area (Å²) in [6, 6.07) is 15.6. The molecule has 1 aliphatic heterocycles. The van der Waals surface area contributed by atoms with Gasteiger partial charge in [-0.1, -0.05) is 49.4 Å². The molecule has 0 aromatic heterocycles. The van der Waals surface area contributed by atoms with Crippen LogP contribution < -0.4 is 0 Å². The first-order valence-electron chi connectivity index (χ1n) is 8.45. The lowest BCUT2D eigenvalue weighted by atomic mass is 9.99. The Morgan fingerprint density at radius 3 is 2.38 bits per heavy atom. The third kappa shape index (κ3) is 3.90. The minimum Gasteiger partial charge on any atom is -0.481 e. The molecule has 1 saturated heterocycles. The van der Waals surface area contributed by atoms with E-state index in [1.807, 2.05) is 37.3 Å². The van der Waals surface area contributed by atoms with Gasteiger partial charge in [0.2, 0.25) is 5.91 Å². The van der Waals surface area contributed by atoms with Crippen LogP contribution in [0.3, 0.4) is 0 Å². The van der Waals surface area contributed by atoms with E-state index < -0.39 is 17.1 Å². The molecule has 1 unspecified atom stereocenters. The number of likely N-dealkylation sites (tertiary alicyclic amines) is 1. The molecule has 4 nitrogen and oxygen atoms in total. The summed E-state index contributed by atoms with van der Waals surface area (Å²) in [6.07, 6.45) is 0. The number of hydrogen-bond donors (Lipinski definition) is 1. The molecule has 1 heterocycles. The molecule has 3 rings (SSSR count). The molecule has 0 aliphatic carbocycles. The Morgan fingerprint density at radius 2 is 1.77 bits per heavy atom. The fourth-order valence-electron chi connectivity index (χ4n) is 3.19. The van der Waals surface area contributed by atoms with Crippen molar-refractivity contribution >= 4 is 23.6 Å². The van der Waals surface area contributed by atoms with E-state index in [0.717, 1.165) is 17.3 Å². The van der Waals surface area contributed by atoms with Crippen LogP contribution >= 0.6 is 11.8 Å². The van der Waals surface area contributed by atoms with Crippen LogP contribution in [0.2, 0.25) is 0 Å². The predicted molar refractivity (Wildman–Crippen MR) is 98.3 cm³/mol. The maximum absolute atomic E-state index is 14.1. The van der Waals surface area contributed by atoms with Gasteiger partial charge in [-0.05, 0) is 23.6 Å². The van der Waals surface area contributed by atoms with Crippen LogP contribution in [-0.4, -0.2) is 35.0 Å². The van der Waals surface area contributed by atoms with Gasteiger partial charge in [0.1, 0.15) is 11.1 Å². The third-order valence-electron chi connectivity index (χ3n) is 4.65. The Hall–Kier alpha value is -2.34. The molecular weight excluding hydrogens is 353 g/mol.